The lowest BCUT2D eigenvalue weighted by molar-refractivity contribution is -0.137. The van der Waals surface area contributed by atoms with Gasteiger partial charge in [-0.05, 0) is 41.0 Å². The minimum absolute atomic E-state index is 0.147. The zero-order valence-electron chi connectivity index (χ0n) is 12.5. The molecule has 0 radical (unpaired) electrons. The van der Waals surface area contributed by atoms with Crippen LogP contribution in [0.5, 0.6) is 0 Å². The summed E-state index contributed by atoms with van der Waals surface area (Å²) in [5.41, 5.74) is -0.107. The lowest BCUT2D eigenvalue weighted by atomic mass is 10.1. The number of rotatable bonds is 6. The van der Waals surface area contributed by atoms with Gasteiger partial charge in [-0.15, -0.1) is 5.10 Å². The number of hydrogen-bond acceptors (Lipinski definition) is 5. The van der Waals surface area contributed by atoms with Crippen molar-refractivity contribution in [2.45, 2.75) is 36.8 Å². The predicted octanol–water partition coefficient (Wildman–Crippen LogP) is 2.44. The van der Waals surface area contributed by atoms with Crippen molar-refractivity contribution in [3.63, 3.8) is 0 Å². The van der Waals surface area contributed by atoms with E-state index >= 15 is 0 Å². The molecule has 1 aliphatic carbocycles. The van der Waals surface area contributed by atoms with Gasteiger partial charge >= 0.3 is 6.18 Å². The van der Waals surface area contributed by atoms with Gasteiger partial charge in [0, 0.05) is 6.54 Å². The number of nitrogens with one attached hydrogen (secondary N) is 1. The van der Waals surface area contributed by atoms with Gasteiger partial charge < -0.3 is 5.32 Å². The minimum Gasteiger partial charge on any atom is -0.351 e. The Morgan fingerprint density at radius 2 is 2.00 bits per heavy atom. The number of halogens is 3. The van der Waals surface area contributed by atoms with Gasteiger partial charge in [0.1, 0.15) is 0 Å². The van der Waals surface area contributed by atoms with Crippen LogP contribution in [-0.4, -0.2) is 31.9 Å². The molecular formula is C14H14F3N5OS. The quantitative estimate of drug-likeness (QED) is 0.804. The van der Waals surface area contributed by atoms with Crippen LogP contribution in [0.3, 0.4) is 0 Å². The largest absolute Gasteiger partial charge is 0.416 e. The Balaban J connectivity index is 1.46. The van der Waals surface area contributed by atoms with Crippen molar-refractivity contribution in [3.8, 4) is 0 Å². The Bertz CT molecular complexity index is 712. The number of carbonyl (C=O) groups excluding carboxylic acids is 1. The smallest absolute Gasteiger partial charge is 0.351 e. The summed E-state index contributed by atoms with van der Waals surface area (Å²) in [7, 11) is 0. The first kappa shape index (κ1) is 16.7. The fourth-order valence-electron chi connectivity index (χ4n) is 2.02. The molecule has 1 amide bonds. The van der Waals surface area contributed by atoms with Crippen LogP contribution >= 0.6 is 11.8 Å². The van der Waals surface area contributed by atoms with Gasteiger partial charge in [-0.1, -0.05) is 23.9 Å². The van der Waals surface area contributed by atoms with Gasteiger partial charge in [0.2, 0.25) is 11.1 Å². The van der Waals surface area contributed by atoms with E-state index in [-0.39, 0.29) is 18.2 Å². The summed E-state index contributed by atoms with van der Waals surface area (Å²) < 4.78 is 39.1. The Hall–Kier alpha value is -2.10. The number of amides is 1. The second-order valence-electron chi connectivity index (χ2n) is 5.40. The van der Waals surface area contributed by atoms with Gasteiger partial charge in [-0.3, -0.25) is 4.79 Å². The monoisotopic (exact) mass is 357 g/mol. The number of benzene rings is 1. The number of hydrogen-bond donors (Lipinski definition) is 1. The van der Waals surface area contributed by atoms with Crippen LogP contribution in [0.4, 0.5) is 13.2 Å². The summed E-state index contributed by atoms with van der Waals surface area (Å²) in [6.45, 7) is 0.172. The molecule has 128 valence electrons. The first-order valence-electron chi connectivity index (χ1n) is 7.27. The van der Waals surface area contributed by atoms with Crippen LogP contribution in [0.15, 0.2) is 29.4 Å². The SMILES string of the molecule is O=C(CSc1nnnn1C1CC1)NCc1ccc(C(F)(F)F)cc1. The van der Waals surface area contributed by atoms with E-state index in [0.29, 0.717) is 16.8 Å². The Morgan fingerprint density at radius 3 is 2.62 bits per heavy atom. The molecule has 1 aromatic heterocycles. The average molecular weight is 357 g/mol. The molecule has 3 rings (SSSR count). The Labute approximate surface area is 139 Å². The maximum Gasteiger partial charge on any atom is 0.416 e. The van der Waals surface area contributed by atoms with Crippen LogP contribution in [0.2, 0.25) is 0 Å². The topological polar surface area (TPSA) is 72.7 Å². The molecule has 0 bridgehead atoms. The van der Waals surface area contributed by atoms with E-state index < -0.39 is 11.7 Å². The van der Waals surface area contributed by atoms with Gasteiger partial charge in [0.15, 0.2) is 0 Å². The molecule has 0 unspecified atom stereocenters. The third-order valence-corrected chi connectivity index (χ3v) is 4.39. The molecule has 6 nitrogen and oxygen atoms in total. The van der Waals surface area contributed by atoms with Crippen molar-refractivity contribution in [1.82, 2.24) is 25.5 Å². The highest BCUT2D eigenvalue weighted by Crippen LogP contribution is 2.36. The first-order valence-corrected chi connectivity index (χ1v) is 8.25. The second kappa shape index (κ2) is 6.80. The molecule has 1 fully saturated rings. The van der Waals surface area contributed by atoms with E-state index in [1.165, 1.54) is 23.9 Å². The highest BCUT2D eigenvalue weighted by Gasteiger charge is 2.30. The summed E-state index contributed by atoms with van der Waals surface area (Å²) in [5, 5.41) is 14.6. The Morgan fingerprint density at radius 1 is 1.29 bits per heavy atom. The van der Waals surface area contributed by atoms with Crippen molar-refractivity contribution in [1.29, 1.82) is 0 Å². The third-order valence-electron chi connectivity index (χ3n) is 3.46. The standard InChI is InChI=1S/C14H14F3N5OS/c15-14(16,17)10-3-1-9(2-4-10)7-18-12(23)8-24-13-19-20-21-22(13)11-5-6-11/h1-4,11H,5-8H2,(H,18,23). The number of nitrogens with zero attached hydrogens (tertiary/aromatic N) is 4. The van der Waals surface area contributed by atoms with Crippen molar-refractivity contribution in [2.24, 2.45) is 0 Å². The van der Waals surface area contributed by atoms with E-state index in [1.807, 2.05) is 0 Å². The van der Waals surface area contributed by atoms with Crippen LogP contribution in [0.1, 0.15) is 30.0 Å². The van der Waals surface area contributed by atoms with Crippen LogP contribution in [0.25, 0.3) is 0 Å². The summed E-state index contributed by atoms with van der Waals surface area (Å²) in [6.07, 6.45) is -2.28. The van der Waals surface area contributed by atoms with Crippen molar-refractivity contribution < 1.29 is 18.0 Å². The maximum atomic E-state index is 12.5. The molecule has 1 heterocycles. The maximum absolute atomic E-state index is 12.5. The molecule has 1 aliphatic rings. The number of tetrazole rings is 1. The lowest BCUT2D eigenvalue weighted by Crippen LogP contribution is -2.24. The molecule has 2 aromatic rings. The molecule has 10 heteroatoms. The van der Waals surface area contributed by atoms with Crippen LogP contribution in [0, 0.1) is 0 Å². The number of thioether (sulfide) groups is 1. The van der Waals surface area contributed by atoms with Gasteiger partial charge in [0.05, 0.1) is 17.4 Å². The normalized spacial score (nSPS) is 14.6. The third kappa shape index (κ3) is 4.25. The summed E-state index contributed by atoms with van der Waals surface area (Å²) in [4.78, 5) is 11.8. The summed E-state index contributed by atoms with van der Waals surface area (Å²) >= 11 is 1.24. The Kier molecular flexibility index (Phi) is 4.74. The van der Waals surface area contributed by atoms with E-state index in [9.17, 15) is 18.0 Å². The molecule has 0 atom stereocenters. The molecule has 1 N–H and O–H groups in total. The highest BCUT2D eigenvalue weighted by atomic mass is 32.2. The minimum atomic E-state index is -4.36. The zero-order valence-corrected chi connectivity index (χ0v) is 13.3. The number of carbonyl (C=O) groups is 1. The highest BCUT2D eigenvalue weighted by molar-refractivity contribution is 7.99. The molecular weight excluding hydrogens is 343 g/mol. The van der Waals surface area contributed by atoms with Gasteiger partial charge in [-0.2, -0.15) is 13.2 Å². The van der Waals surface area contributed by atoms with E-state index in [0.717, 1.165) is 25.0 Å². The van der Waals surface area contributed by atoms with Crippen molar-refractivity contribution >= 4 is 17.7 Å². The van der Waals surface area contributed by atoms with Crippen molar-refractivity contribution in [3.05, 3.63) is 35.4 Å². The second-order valence-corrected chi connectivity index (χ2v) is 6.34. The summed E-state index contributed by atoms with van der Waals surface area (Å²) in [5.74, 6) is -0.0847. The predicted molar refractivity (Wildman–Crippen MR) is 80.1 cm³/mol. The van der Waals surface area contributed by atoms with E-state index in [1.54, 1.807) is 4.68 Å². The molecule has 24 heavy (non-hydrogen) atoms. The van der Waals surface area contributed by atoms with E-state index in [2.05, 4.69) is 20.8 Å². The van der Waals surface area contributed by atoms with Crippen LogP contribution in [-0.2, 0) is 17.5 Å². The van der Waals surface area contributed by atoms with Gasteiger partial charge in [-0.25, -0.2) is 4.68 Å². The summed E-state index contributed by atoms with van der Waals surface area (Å²) in [6, 6.07) is 5.03. The molecule has 0 saturated heterocycles. The average Bonchev–Trinajstić information content (AvgIpc) is 3.29. The zero-order chi connectivity index (χ0) is 17.2. The fraction of sp³-hybridized carbons (Fsp3) is 0.429. The lowest BCUT2D eigenvalue weighted by Gasteiger charge is -2.08. The molecule has 0 aliphatic heterocycles. The molecule has 0 spiro atoms. The van der Waals surface area contributed by atoms with E-state index in [4.69, 9.17) is 0 Å². The fourth-order valence-corrected chi connectivity index (χ4v) is 2.80. The number of aromatic nitrogens is 4. The molecule has 1 aromatic carbocycles. The number of alkyl halides is 3. The van der Waals surface area contributed by atoms with Gasteiger partial charge in [0.25, 0.3) is 0 Å². The van der Waals surface area contributed by atoms with Crippen molar-refractivity contribution in [2.75, 3.05) is 5.75 Å². The van der Waals surface area contributed by atoms with Crippen LogP contribution < -0.4 is 5.32 Å². The molecule has 1 saturated carbocycles. The first-order chi connectivity index (χ1) is 11.4.